The van der Waals surface area contributed by atoms with Crippen LogP contribution in [0.4, 0.5) is 0 Å². The van der Waals surface area contributed by atoms with Crippen LogP contribution in [0.3, 0.4) is 0 Å². The molecule has 0 aromatic heterocycles. The molecule has 0 aromatic carbocycles. The average Bonchev–Trinajstić information content (AvgIpc) is 2.51. The summed E-state index contributed by atoms with van der Waals surface area (Å²) in [5.41, 5.74) is 0. The van der Waals surface area contributed by atoms with E-state index in [-0.39, 0.29) is 18.1 Å². The number of amides is 1. The number of hydrogen-bond acceptors (Lipinski definition) is 3. The molecule has 5 heteroatoms. The lowest BCUT2D eigenvalue weighted by Crippen LogP contribution is -2.37. The van der Waals surface area contributed by atoms with Crippen molar-refractivity contribution in [2.24, 2.45) is 0 Å². The van der Waals surface area contributed by atoms with Crippen molar-refractivity contribution in [1.29, 1.82) is 0 Å². The van der Waals surface area contributed by atoms with Crippen LogP contribution in [0.15, 0.2) is 0 Å². The molecule has 0 radical (unpaired) electrons. The van der Waals surface area contributed by atoms with Gasteiger partial charge in [0.1, 0.15) is 0 Å². The molecule has 0 spiro atoms. The van der Waals surface area contributed by atoms with Crippen molar-refractivity contribution in [2.45, 2.75) is 39.4 Å². The van der Waals surface area contributed by atoms with Gasteiger partial charge in [0.15, 0.2) is 0 Å². The third-order valence-electron chi connectivity index (χ3n) is 2.78. The standard InChI is InChI=1S/C10H20N2O2S/c1-4-9-10(13)12(8(3)11-9)6-7-15(14)5-2/h8-9,11H,4-7H2,1-3H3. The monoisotopic (exact) mass is 232 g/mol. The summed E-state index contributed by atoms with van der Waals surface area (Å²) in [6, 6.07) is -0.0462. The Bertz CT molecular complexity index is 258. The molecule has 1 amide bonds. The van der Waals surface area contributed by atoms with Crippen LogP contribution >= 0.6 is 0 Å². The molecule has 15 heavy (non-hydrogen) atoms. The number of hydrogen-bond donors (Lipinski definition) is 1. The van der Waals surface area contributed by atoms with Gasteiger partial charge in [0.05, 0.1) is 12.2 Å². The van der Waals surface area contributed by atoms with Crippen LogP contribution < -0.4 is 5.32 Å². The minimum atomic E-state index is -0.788. The molecular weight excluding hydrogens is 212 g/mol. The molecule has 0 aliphatic carbocycles. The van der Waals surface area contributed by atoms with Crippen LogP contribution in [0, 0.1) is 0 Å². The Morgan fingerprint density at radius 1 is 1.47 bits per heavy atom. The van der Waals surface area contributed by atoms with Gasteiger partial charge in [-0.3, -0.25) is 14.3 Å². The van der Waals surface area contributed by atoms with Crippen LogP contribution in [0.1, 0.15) is 27.2 Å². The van der Waals surface area contributed by atoms with Crippen molar-refractivity contribution in [3.63, 3.8) is 0 Å². The topological polar surface area (TPSA) is 49.4 Å². The molecule has 1 rings (SSSR count). The molecule has 3 unspecified atom stereocenters. The first kappa shape index (κ1) is 12.6. The lowest BCUT2D eigenvalue weighted by molar-refractivity contribution is -0.129. The number of nitrogens with one attached hydrogen (secondary N) is 1. The van der Waals surface area contributed by atoms with Gasteiger partial charge in [-0.05, 0) is 13.3 Å². The zero-order valence-electron chi connectivity index (χ0n) is 9.66. The zero-order valence-corrected chi connectivity index (χ0v) is 10.5. The molecule has 1 N–H and O–H groups in total. The fraction of sp³-hybridized carbons (Fsp3) is 0.900. The fourth-order valence-corrected chi connectivity index (χ4v) is 2.47. The van der Waals surface area contributed by atoms with Crippen molar-refractivity contribution in [3.05, 3.63) is 0 Å². The second-order valence-electron chi connectivity index (χ2n) is 3.77. The molecule has 1 aliphatic heterocycles. The largest absolute Gasteiger partial charge is 0.325 e. The van der Waals surface area contributed by atoms with Gasteiger partial charge < -0.3 is 4.90 Å². The van der Waals surface area contributed by atoms with E-state index in [1.807, 2.05) is 20.8 Å². The van der Waals surface area contributed by atoms with Crippen LogP contribution in [-0.4, -0.2) is 45.3 Å². The lowest BCUT2D eigenvalue weighted by atomic mass is 10.2. The molecule has 1 aliphatic rings. The summed E-state index contributed by atoms with van der Waals surface area (Å²) in [5.74, 6) is 1.41. The van der Waals surface area contributed by atoms with E-state index in [2.05, 4.69) is 5.32 Å². The minimum absolute atomic E-state index is 0.0462. The van der Waals surface area contributed by atoms with Gasteiger partial charge in [-0.1, -0.05) is 13.8 Å². The summed E-state index contributed by atoms with van der Waals surface area (Å²) in [6.07, 6.45) is 0.896. The van der Waals surface area contributed by atoms with E-state index in [0.29, 0.717) is 18.1 Å². The van der Waals surface area contributed by atoms with E-state index < -0.39 is 10.8 Å². The highest BCUT2D eigenvalue weighted by Crippen LogP contribution is 2.12. The van der Waals surface area contributed by atoms with Crippen molar-refractivity contribution >= 4 is 16.7 Å². The SMILES string of the molecule is CCC1NC(C)N(CCS(=O)CC)C1=O. The molecular formula is C10H20N2O2S. The van der Waals surface area contributed by atoms with E-state index in [1.54, 1.807) is 4.90 Å². The summed E-state index contributed by atoms with van der Waals surface area (Å²) < 4.78 is 11.3. The molecule has 88 valence electrons. The van der Waals surface area contributed by atoms with E-state index in [1.165, 1.54) is 0 Å². The van der Waals surface area contributed by atoms with Gasteiger partial charge in [-0.25, -0.2) is 0 Å². The summed E-state index contributed by atoms with van der Waals surface area (Å²) >= 11 is 0. The Labute approximate surface area is 93.9 Å². The van der Waals surface area contributed by atoms with E-state index >= 15 is 0 Å². The molecule has 1 fully saturated rings. The molecule has 4 nitrogen and oxygen atoms in total. The molecule has 0 bridgehead atoms. The molecule has 0 saturated carbocycles. The smallest absolute Gasteiger partial charge is 0.241 e. The summed E-state index contributed by atoms with van der Waals surface area (Å²) in [4.78, 5) is 13.6. The van der Waals surface area contributed by atoms with Gasteiger partial charge >= 0.3 is 0 Å². The molecule has 0 aromatic rings. The average molecular weight is 232 g/mol. The second kappa shape index (κ2) is 5.61. The highest BCUT2D eigenvalue weighted by atomic mass is 32.2. The van der Waals surface area contributed by atoms with Crippen molar-refractivity contribution in [3.8, 4) is 0 Å². The Kier molecular flexibility index (Phi) is 4.73. The quantitative estimate of drug-likeness (QED) is 0.742. The van der Waals surface area contributed by atoms with Gasteiger partial charge in [-0.15, -0.1) is 0 Å². The van der Waals surface area contributed by atoms with Crippen molar-refractivity contribution in [1.82, 2.24) is 10.2 Å². The Balaban J connectivity index is 2.48. The number of rotatable bonds is 5. The third-order valence-corrected chi connectivity index (χ3v) is 4.06. The van der Waals surface area contributed by atoms with Crippen molar-refractivity contribution < 1.29 is 9.00 Å². The van der Waals surface area contributed by atoms with Crippen LogP contribution in [0.25, 0.3) is 0 Å². The van der Waals surface area contributed by atoms with Crippen LogP contribution in [-0.2, 0) is 15.6 Å². The highest BCUT2D eigenvalue weighted by Gasteiger charge is 2.34. The van der Waals surface area contributed by atoms with Crippen molar-refractivity contribution in [2.75, 3.05) is 18.1 Å². The number of nitrogens with zero attached hydrogens (tertiary/aromatic N) is 1. The van der Waals surface area contributed by atoms with Gasteiger partial charge in [0, 0.05) is 28.9 Å². The second-order valence-corrected chi connectivity index (χ2v) is 5.63. The summed E-state index contributed by atoms with van der Waals surface area (Å²) in [7, 11) is -0.788. The number of carbonyl (C=O) groups is 1. The predicted molar refractivity (Wildman–Crippen MR) is 61.9 cm³/mol. The van der Waals surface area contributed by atoms with Gasteiger partial charge in [0.2, 0.25) is 5.91 Å². The van der Waals surface area contributed by atoms with Gasteiger partial charge in [0.25, 0.3) is 0 Å². The maximum Gasteiger partial charge on any atom is 0.241 e. The molecule has 1 saturated heterocycles. The first-order valence-electron chi connectivity index (χ1n) is 5.51. The number of carbonyl (C=O) groups excluding carboxylic acids is 1. The fourth-order valence-electron chi connectivity index (χ4n) is 1.78. The minimum Gasteiger partial charge on any atom is -0.325 e. The first-order valence-corrected chi connectivity index (χ1v) is 7.00. The third kappa shape index (κ3) is 3.01. The molecule has 1 heterocycles. The normalized spacial score (nSPS) is 28.5. The maximum atomic E-state index is 11.8. The summed E-state index contributed by atoms with van der Waals surface area (Å²) in [5, 5.41) is 3.22. The first-order chi connectivity index (χ1) is 7.10. The van der Waals surface area contributed by atoms with E-state index in [4.69, 9.17) is 0 Å². The van der Waals surface area contributed by atoms with Crippen LogP contribution in [0.5, 0.6) is 0 Å². The Hall–Kier alpha value is -0.420. The summed E-state index contributed by atoms with van der Waals surface area (Å²) in [6.45, 7) is 6.47. The Morgan fingerprint density at radius 2 is 2.13 bits per heavy atom. The lowest BCUT2D eigenvalue weighted by Gasteiger charge is -2.20. The maximum absolute atomic E-state index is 11.8. The molecule has 3 atom stereocenters. The van der Waals surface area contributed by atoms with E-state index in [9.17, 15) is 9.00 Å². The predicted octanol–water partition coefficient (Wildman–Crippen LogP) is 0.311. The van der Waals surface area contributed by atoms with Crippen LogP contribution in [0.2, 0.25) is 0 Å². The van der Waals surface area contributed by atoms with E-state index in [0.717, 1.165) is 6.42 Å². The zero-order chi connectivity index (χ0) is 11.4. The highest BCUT2D eigenvalue weighted by molar-refractivity contribution is 7.84. The Morgan fingerprint density at radius 3 is 2.60 bits per heavy atom. The van der Waals surface area contributed by atoms with Gasteiger partial charge in [-0.2, -0.15) is 0 Å².